The molecule has 11 nitrogen and oxygen atoms in total. The number of rotatable bonds is 10. The molecule has 0 aliphatic heterocycles. The number of nitroso groups, excluding NO2 is 1. The first-order valence-electron chi connectivity index (χ1n) is 6.41. The van der Waals surface area contributed by atoms with Gasteiger partial charge in [-0.25, -0.2) is 14.6 Å². The lowest BCUT2D eigenvalue weighted by Crippen LogP contribution is -2.44. The van der Waals surface area contributed by atoms with Crippen LogP contribution < -0.4 is 10.6 Å². The molecular weight excluding hydrogens is 286 g/mol. The molecule has 11 heteroatoms. The van der Waals surface area contributed by atoms with E-state index in [1.54, 1.807) is 13.8 Å². The van der Waals surface area contributed by atoms with E-state index in [1.807, 2.05) is 0 Å². The molecule has 0 aromatic carbocycles. The average Bonchev–Trinajstić information content (AvgIpc) is 2.45. The molecule has 2 amide bonds. The van der Waals surface area contributed by atoms with Gasteiger partial charge >= 0.3 is 12.2 Å². The van der Waals surface area contributed by atoms with Gasteiger partial charge in [-0.3, -0.25) is 5.28 Å². The molecule has 0 fully saturated rings. The fourth-order valence-electron chi connectivity index (χ4n) is 1.27. The van der Waals surface area contributed by atoms with Crippen LogP contribution >= 0.6 is 0 Å². The second-order valence-electron chi connectivity index (χ2n) is 3.58. The van der Waals surface area contributed by atoms with Crippen LogP contribution in [0.3, 0.4) is 0 Å². The van der Waals surface area contributed by atoms with Crippen molar-refractivity contribution >= 4 is 12.2 Å². The minimum atomic E-state index is -0.626. The Morgan fingerprint density at radius 2 is 1.48 bits per heavy atom. The van der Waals surface area contributed by atoms with Crippen LogP contribution in [0, 0.1) is 10.1 Å². The second-order valence-corrected chi connectivity index (χ2v) is 3.58. The number of carbonyl (C=O) groups excluding carboxylic acids is 2. The predicted octanol–water partition coefficient (Wildman–Crippen LogP) is 0.177. The van der Waals surface area contributed by atoms with Gasteiger partial charge in [-0.15, -0.1) is 4.91 Å². The van der Waals surface area contributed by atoms with Crippen LogP contribution in [0.5, 0.6) is 0 Å². The zero-order valence-corrected chi connectivity index (χ0v) is 12.0. The third kappa shape index (κ3) is 9.40. The molecular formula is C10H20N5O6-. The zero-order chi connectivity index (χ0) is 16.1. The third-order valence-corrected chi connectivity index (χ3v) is 2.14. The van der Waals surface area contributed by atoms with E-state index in [1.165, 1.54) is 0 Å². The van der Waals surface area contributed by atoms with Crippen molar-refractivity contribution < 1.29 is 19.1 Å². The molecule has 0 bridgehead atoms. The Hall–Kier alpha value is -2.14. The molecule has 2 N–H and O–H groups in total. The van der Waals surface area contributed by atoms with E-state index in [-0.39, 0.29) is 44.7 Å². The maximum absolute atomic E-state index is 11.2. The van der Waals surface area contributed by atoms with Gasteiger partial charge in [0, 0.05) is 26.2 Å². The Labute approximate surface area is 122 Å². The third-order valence-electron chi connectivity index (χ3n) is 2.14. The maximum atomic E-state index is 11.2. The Balaban J connectivity index is 4.06. The zero-order valence-electron chi connectivity index (χ0n) is 12.0. The normalized spacial score (nSPS) is 9.90. The van der Waals surface area contributed by atoms with Gasteiger partial charge in [0.25, 0.3) is 0 Å². The number of hydrazine groups is 1. The first-order chi connectivity index (χ1) is 10.0. The Morgan fingerprint density at radius 3 is 1.81 bits per heavy atom. The van der Waals surface area contributed by atoms with E-state index in [0.717, 1.165) is 5.01 Å². The molecule has 0 saturated carbocycles. The molecule has 0 radical (unpaired) electrons. The maximum Gasteiger partial charge on any atom is 0.407 e. The van der Waals surface area contributed by atoms with Crippen molar-refractivity contribution in [1.82, 2.24) is 20.9 Å². The monoisotopic (exact) mass is 306 g/mol. The summed E-state index contributed by atoms with van der Waals surface area (Å²) in [4.78, 5) is 32.3. The highest BCUT2D eigenvalue weighted by Gasteiger charge is 2.09. The number of nitrogens with one attached hydrogen (secondary N) is 2. The molecule has 0 aromatic heterocycles. The molecule has 122 valence electrons. The van der Waals surface area contributed by atoms with E-state index in [9.17, 15) is 19.7 Å². The number of carbonyl (C=O) groups is 2. The number of nitrogens with zero attached hydrogens (tertiary/aromatic N) is 3. The van der Waals surface area contributed by atoms with Gasteiger partial charge in [-0.2, -0.15) is 0 Å². The Kier molecular flexibility index (Phi) is 10.5. The van der Waals surface area contributed by atoms with E-state index < -0.39 is 12.2 Å². The lowest BCUT2D eigenvalue weighted by atomic mass is 10.5. The second kappa shape index (κ2) is 11.7. The highest BCUT2D eigenvalue weighted by Crippen LogP contribution is 1.95. The fraction of sp³-hybridized carbons (Fsp3) is 0.800. The lowest BCUT2D eigenvalue weighted by Gasteiger charge is -2.33. The van der Waals surface area contributed by atoms with Gasteiger partial charge < -0.3 is 25.3 Å². The number of amides is 2. The van der Waals surface area contributed by atoms with Crippen LogP contribution in [-0.4, -0.2) is 61.9 Å². The molecule has 0 spiro atoms. The summed E-state index contributed by atoms with van der Waals surface area (Å²) < 4.78 is 9.26. The lowest BCUT2D eigenvalue weighted by molar-refractivity contribution is 0.0239. The number of alkyl carbamates (subject to hydrolysis) is 2. The molecule has 0 atom stereocenters. The van der Waals surface area contributed by atoms with Crippen molar-refractivity contribution in [3.8, 4) is 0 Å². The largest absolute Gasteiger partial charge is 0.724 e. The number of ether oxygens (including phenoxy) is 2. The van der Waals surface area contributed by atoms with Crippen molar-refractivity contribution in [3.63, 3.8) is 0 Å². The molecule has 0 aliphatic carbocycles. The van der Waals surface area contributed by atoms with E-state index >= 15 is 0 Å². The van der Waals surface area contributed by atoms with Gasteiger partial charge in [-0.05, 0) is 13.8 Å². The summed E-state index contributed by atoms with van der Waals surface area (Å²) in [7, 11) is 0. The fourth-order valence-corrected chi connectivity index (χ4v) is 1.27. The Bertz CT molecular complexity index is 305. The van der Waals surface area contributed by atoms with Gasteiger partial charge in [0.1, 0.15) is 0 Å². The topological polar surface area (TPSA) is 136 Å². The van der Waals surface area contributed by atoms with Gasteiger partial charge in [0.05, 0.1) is 18.5 Å². The van der Waals surface area contributed by atoms with Crippen LogP contribution in [0.1, 0.15) is 13.8 Å². The first-order valence-corrected chi connectivity index (χ1v) is 6.41. The van der Waals surface area contributed by atoms with Gasteiger partial charge in [0.15, 0.2) is 0 Å². The van der Waals surface area contributed by atoms with Crippen LogP contribution in [0.2, 0.25) is 0 Å². The van der Waals surface area contributed by atoms with E-state index in [2.05, 4.69) is 25.4 Å². The minimum Gasteiger partial charge on any atom is -0.724 e. The van der Waals surface area contributed by atoms with Crippen LogP contribution in [0.4, 0.5) is 9.59 Å². The smallest absolute Gasteiger partial charge is 0.407 e. The molecule has 0 unspecified atom stereocenters. The van der Waals surface area contributed by atoms with Crippen molar-refractivity contribution in [3.05, 3.63) is 10.1 Å². The van der Waals surface area contributed by atoms with Gasteiger partial charge in [-0.1, -0.05) is 0 Å². The summed E-state index contributed by atoms with van der Waals surface area (Å²) >= 11 is 0. The molecule has 21 heavy (non-hydrogen) atoms. The minimum absolute atomic E-state index is 0.0263. The summed E-state index contributed by atoms with van der Waals surface area (Å²) in [6.07, 6.45) is -1.25. The number of hydrogen-bond acceptors (Lipinski definition) is 8. The predicted molar refractivity (Wildman–Crippen MR) is 72.6 cm³/mol. The van der Waals surface area contributed by atoms with E-state index in [0.29, 0.717) is 0 Å². The standard InChI is InChI=1S/C10H20N5O6/c1-3-20-9(16)11-5-7-14(15(19)13-18)8-6-12-10(17)21-4-2/h3-8H2,1-2H3,(H,11,16)(H,12,17)/q-1. The summed E-state index contributed by atoms with van der Waals surface area (Å²) in [5.74, 6) is 0. The quantitative estimate of drug-likeness (QED) is 0.431. The summed E-state index contributed by atoms with van der Waals surface area (Å²) in [5.41, 5.74) is 0. The highest BCUT2D eigenvalue weighted by atomic mass is 16.6. The SMILES string of the molecule is CCOC(=O)NCCN(CCNC(=O)OCC)N([O-])N=O. The number of hydrogen-bond donors (Lipinski definition) is 2. The molecule has 0 rings (SSSR count). The van der Waals surface area contributed by atoms with Crippen molar-refractivity contribution in [1.29, 1.82) is 0 Å². The van der Waals surface area contributed by atoms with Crippen molar-refractivity contribution in [2.45, 2.75) is 13.8 Å². The van der Waals surface area contributed by atoms with Crippen LogP contribution in [0.25, 0.3) is 0 Å². The van der Waals surface area contributed by atoms with Crippen molar-refractivity contribution in [2.24, 2.45) is 5.29 Å². The summed E-state index contributed by atoms with van der Waals surface area (Å²) in [6.45, 7) is 3.96. The van der Waals surface area contributed by atoms with Crippen molar-refractivity contribution in [2.75, 3.05) is 39.4 Å². The highest BCUT2D eigenvalue weighted by molar-refractivity contribution is 5.67. The Morgan fingerprint density at radius 1 is 1.05 bits per heavy atom. The first kappa shape index (κ1) is 18.9. The van der Waals surface area contributed by atoms with Gasteiger partial charge in [0.2, 0.25) is 0 Å². The summed E-state index contributed by atoms with van der Waals surface area (Å²) in [6, 6.07) is 0. The van der Waals surface area contributed by atoms with E-state index in [4.69, 9.17) is 0 Å². The molecule has 0 aliphatic rings. The van der Waals surface area contributed by atoms with Crippen LogP contribution in [-0.2, 0) is 9.47 Å². The molecule has 0 heterocycles. The summed E-state index contributed by atoms with van der Waals surface area (Å²) in [5, 5.41) is 19.0. The van der Waals surface area contributed by atoms with Crippen LogP contribution in [0.15, 0.2) is 5.29 Å². The average molecular weight is 306 g/mol. The molecule has 0 aromatic rings. The molecule has 0 saturated heterocycles.